The normalized spacial score (nSPS) is 23.7. The summed E-state index contributed by atoms with van der Waals surface area (Å²) < 4.78 is 0. The summed E-state index contributed by atoms with van der Waals surface area (Å²) in [6.07, 6.45) is 3.08. The van der Waals surface area contributed by atoms with Crippen LogP contribution in [0.3, 0.4) is 0 Å². The van der Waals surface area contributed by atoms with Crippen LogP contribution in [0.15, 0.2) is 24.3 Å². The molecule has 0 saturated carbocycles. The summed E-state index contributed by atoms with van der Waals surface area (Å²) in [4.78, 5) is 13.5. The Hall–Kier alpha value is -1.35. The molecule has 20 heavy (non-hydrogen) atoms. The first kappa shape index (κ1) is 15.0. The highest BCUT2D eigenvalue weighted by Crippen LogP contribution is 2.23. The Balaban J connectivity index is 2.01. The lowest BCUT2D eigenvalue weighted by molar-refractivity contribution is -0.144. The largest absolute Gasteiger partial charge is 0.481 e. The van der Waals surface area contributed by atoms with Gasteiger partial charge in [-0.1, -0.05) is 44.5 Å². The van der Waals surface area contributed by atoms with E-state index in [1.165, 1.54) is 11.1 Å². The maximum Gasteiger partial charge on any atom is 0.307 e. The number of aryl methyl sites for hydroxylation is 1. The summed E-state index contributed by atoms with van der Waals surface area (Å²) in [5, 5.41) is 9.23. The van der Waals surface area contributed by atoms with E-state index in [0.717, 1.165) is 32.4 Å². The zero-order valence-corrected chi connectivity index (χ0v) is 12.5. The van der Waals surface area contributed by atoms with Crippen molar-refractivity contribution in [3.05, 3.63) is 35.4 Å². The molecule has 0 bridgehead atoms. The van der Waals surface area contributed by atoms with Gasteiger partial charge in [0.1, 0.15) is 0 Å². The second kappa shape index (κ2) is 6.89. The van der Waals surface area contributed by atoms with Gasteiger partial charge in [-0.25, -0.2) is 0 Å². The highest BCUT2D eigenvalue weighted by atomic mass is 16.4. The predicted molar refractivity (Wildman–Crippen MR) is 80.6 cm³/mol. The number of carboxylic acids is 1. The molecule has 1 fully saturated rings. The van der Waals surface area contributed by atoms with Crippen molar-refractivity contribution in [1.29, 1.82) is 0 Å². The zero-order valence-electron chi connectivity index (χ0n) is 12.5. The lowest BCUT2D eigenvalue weighted by Crippen LogP contribution is -2.41. The number of hydrogen-bond donors (Lipinski definition) is 1. The highest BCUT2D eigenvalue weighted by Gasteiger charge is 2.29. The summed E-state index contributed by atoms with van der Waals surface area (Å²) in [6, 6.07) is 8.70. The molecular weight excluding hydrogens is 250 g/mol. The van der Waals surface area contributed by atoms with Gasteiger partial charge in [-0.3, -0.25) is 9.69 Å². The van der Waals surface area contributed by atoms with E-state index in [1.54, 1.807) is 0 Å². The fourth-order valence-electron chi connectivity index (χ4n) is 3.20. The van der Waals surface area contributed by atoms with Crippen molar-refractivity contribution in [2.45, 2.75) is 39.7 Å². The number of carboxylic acid groups (broad SMARTS) is 1. The molecule has 110 valence electrons. The van der Waals surface area contributed by atoms with Crippen LogP contribution in [0.1, 0.15) is 37.8 Å². The minimum atomic E-state index is -0.652. The van der Waals surface area contributed by atoms with Gasteiger partial charge in [-0.05, 0) is 29.9 Å². The highest BCUT2D eigenvalue weighted by molar-refractivity contribution is 5.70. The molecule has 2 rings (SSSR count). The van der Waals surface area contributed by atoms with Gasteiger partial charge < -0.3 is 5.11 Å². The van der Waals surface area contributed by atoms with Crippen LogP contribution < -0.4 is 0 Å². The summed E-state index contributed by atoms with van der Waals surface area (Å²) in [7, 11) is 0. The van der Waals surface area contributed by atoms with Gasteiger partial charge >= 0.3 is 5.97 Å². The second-order valence-electron chi connectivity index (χ2n) is 6.14. The van der Waals surface area contributed by atoms with Crippen LogP contribution in [0, 0.1) is 11.8 Å². The van der Waals surface area contributed by atoms with E-state index in [0.29, 0.717) is 12.5 Å². The van der Waals surface area contributed by atoms with Crippen molar-refractivity contribution in [2.75, 3.05) is 13.1 Å². The van der Waals surface area contributed by atoms with Crippen LogP contribution >= 0.6 is 0 Å². The molecule has 1 aromatic rings. The third-order valence-electron chi connectivity index (χ3n) is 4.02. The van der Waals surface area contributed by atoms with Gasteiger partial charge in [0, 0.05) is 19.6 Å². The van der Waals surface area contributed by atoms with E-state index in [2.05, 4.69) is 43.0 Å². The van der Waals surface area contributed by atoms with Crippen molar-refractivity contribution in [3.8, 4) is 0 Å². The van der Waals surface area contributed by atoms with Gasteiger partial charge in [0.25, 0.3) is 0 Å². The van der Waals surface area contributed by atoms with Gasteiger partial charge in [0.15, 0.2) is 0 Å². The summed E-state index contributed by atoms with van der Waals surface area (Å²) >= 11 is 0. The molecule has 3 heteroatoms. The van der Waals surface area contributed by atoms with E-state index in [4.69, 9.17) is 0 Å². The summed E-state index contributed by atoms with van der Waals surface area (Å²) in [5.74, 6) is -0.400. The third-order valence-corrected chi connectivity index (χ3v) is 4.02. The lowest BCUT2D eigenvalue weighted by atomic mass is 9.90. The third kappa shape index (κ3) is 4.07. The maximum atomic E-state index is 11.2. The first-order valence-corrected chi connectivity index (χ1v) is 7.61. The Labute approximate surface area is 121 Å². The van der Waals surface area contributed by atoms with E-state index in [9.17, 15) is 9.90 Å². The molecule has 1 N–H and O–H groups in total. The van der Waals surface area contributed by atoms with Gasteiger partial charge in [0.05, 0.1) is 5.92 Å². The van der Waals surface area contributed by atoms with Crippen LogP contribution in [0.5, 0.6) is 0 Å². The SMILES string of the molecule is CCCc1cccc(CN2CC(C)CC(C(=O)O)C2)c1. The van der Waals surface area contributed by atoms with Crippen molar-refractivity contribution < 1.29 is 9.90 Å². The Morgan fingerprint density at radius 3 is 2.80 bits per heavy atom. The topological polar surface area (TPSA) is 40.5 Å². The lowest BCUT2D eigenvalue weighted by Gasteiger charge is -2.34. The number of hydrogen-bond acceptors (Lipinski definition) is 2. The fraction of sp³-hybridized carbons (Fsp3) is 0.588. The van der Waals surface area contributed by atoms with Crippen molar-refractivity contribution in [1.82, 2.24) is 4.90 Å². The Bertz CT molecular complexity index is 458. The number of carbonyl (C=O) groups is 1. The standard InChI is InChI=1S/C17H25NO2/c1-3-5-14-6-4-7-15(9-14)11-18-10-13(2)8-16(12-18)17(19)20/h4,6-7,9,13,16H,3,5,8,10-12H2,1-2H3,(H,19,20). The number of rotatable bonds is 5. The number of piperidine rings is 1. The van der Waals surface area contributed by atoms with E-state index in [1.807, 2.05) is 0 Å². The smallest absolute Gasteiger partial charge is 0.307 e. The van der Waals surface area contributed by atoms with Crippen molar-refractivity contribution >= 4 is 5.97 Å². The molecule has 1 aromatic carbocycles. The molecule has 2 atom stereocenters. The Kier molecular flexibility index (Phi) is 5.18. The first-order chi connectivity index (χ1) is 9.58. The van der Waals surface area contributed by atoms with E-state index in [-0.39, 0.29) is 5.92 Å². The quantitative estimate of drug-likeness (QED) is 0.897. The Morgan fingerprint density at radius 1 is 1.35 bits per heavy atom. The molecule has 0 aromatic heterocycles. The van der Waals surface area contributed by atoms with Crippen LogP contribution in [-0.4, -0.2) is 29.1 Å². The molecule has 1 aliphatic heterocycles. The molecule has 0 amide bonds. The number of nitrogens with zero attached hydrogens (tertiary/aromatic N) is 1. The molecule has 1 heterocycles. The minimum absolute atomic E-state index is 0.211. The van der Waals surface area contributed by atoms with E-state index < -0.39 is 5.97 Å². The molecule has 0 radical (unpaired) electrons. The summed E-state index contributed by atoms with van der Waals surface area (Å²) in [5.41, 5.74) is 2.68. The zero-order chi connectivity index (χ0) is 14.5. The predicted octanol–water partition coefficient (Wildman–Crippen LogP) is 3.18. The number of aliphatic carboxylic acids is 1. The average molecular weight is 275 g/mol. The summed E-state index contributed by atoms with van der Waals surface area (Å²) in [6.45, 7) is 6.89. The molecule has 2 unspecified atom stereocenters. The molecule has 1 aliphatic rings. The molecule has 0 spiro atoms. The number of benzene rings is 1. The first-order valence-electron chi connectivity index (χ1n) is 7.61. The average Bonchev–Trinajstić information content (AvgIpc) is 2.38. The Morgan fingerprint density at radius 2 is 2.10 bits per heavy atom. The minimum Gasteiger partial charge on any atom is -0.481 e. The number of likely N-dealkylation sites (tertiary alicyclic amines) is 1. The molecule has 3 nitrogen and oxygen atoms in total. The van der Waals surface area contributed by atoms with Gasteiger partial charge in [-0.2, -0.15) is 0 Å². The molecular formula is C17H25NO2. The van der Waals surface area contributed by atoms with Crippen LogP contribution in [0.2, 0.25) is 0 Å². The van der Waals surface area contributed by atoms with Crippen molar-refractivity contribution in [3.63, 3.8) is 0 Å². The van der Waals surface area contributed by atoms with Gasteiger partial charge in [-0.15, -0.1) is 0 Å². The van der Waals surface area contributed by atoms with Crippen LogP contribution in [0.4, 0.5) is 0 Å². The van der Waals surface area contributed by atoms with Crippen molar-refractivity contribution in [2.24, 2.45) is 11.8 Å². The fourth-order valence-corrected chi connectivity index (χ4v) is 3.20. The maximum absolute atomic E-state index is 11.2. The monoisotopic (exact) mass is 275 g/mol. The van der Waals surface area contributed by atoms with E-state index >= 15 is 0 Å². The van der Waals surface area contributed by atoms with Crippen LogP contribution in [-0.2, 0) is 17.8 Å². The molecule has 1 saturated heterocycles. The van der Waals surface area contributed by atoms with Gasteiger partial charge in [0.2, 0.25) is 0 Å². The second-order valence-corrected chi connectivity index (χ2v) is 6.14. The molecule has 0 aliphatic carbocycles. The van der Waals surface area contributed by atoms with Crippen LogP contribution in [0.25, 0.3) is 0 Å².